The van der Waals surface area contributed by atoms with E-state index in [4.69, 9.17) is 5.11 Å². The molecule has 1 unspecified atom stereocenters. The first-order chi connectivity index (χ1) is 9.72. The van der Waals surface area contributed by atoms with Gasteiger partial charge in [0.2, 0.25) is 0 Å². The maximum Gasteiger partial charge on any atom is 0.303 e. The number of hydrogen-bond acceptors (Lipinski definition) is 1. The zero-order chi connectivity index (χ0) is 14.6. The third kappa shape index (κ3) is 7.63. The van der Waals surface area contributed by atoms with Crippen LogP contribution in [0.25, 0.3) is 0 Å². The molecule has 1 atom stereocenters. The lowest BCUT2D eigenvalue weighted by atomic mass is 9.96. The summed E-state index contributed by atoms with van der Waals surface area (Å²) in [6.07, 6.45) is 6.69. The summed E-state index contributed by atoms with van der Waals surface area (Å²) in [5.74, 6) is 5.89. The Balaban J connectivity index is 2.53. The van der Waals surface area contributed by atoms with Gasteiger partial charge in [0.1, 0.15) is 0 Å². The number of hydrogen-bond donors (Lipinski definition) is 1. The van der Waals surface area contributed by atoms with Gasteiger partial charge in [-0.15, -0.1) is 0 Å². The van der Waals surface area contributed by atoms with Crippen molar-refractivity contribution >= 4 is 5.97 Å². The lowest BCUT2D eigenvalue weighted by Crippen LogP contribution is -2.03. The van der Waals surface area contributed by atoms with Crippen LogP contribution in [-0.4, -0.2) is 11.1 Å². The largest absolute Gasteiger partial charge is 0.481 e. The van der Waals surface area contributed by atoms with Crippen LogP contribution in [0.5, 0.6) is 0 Å². The second kappa shape index (κ2) is 10.1. The van der Waals surface area contributed by atoms with E-state index in [-0.39, 0.29) is 12.3 Å². The van der Waals surface area contributed by atoms with Crippen molar-refractivity contribution in [3.63, 3.8) is 0 Å². The van der Waals surface area contributed by atoms with Crippen molar-refractivity contribution in [2.45, 2.75) is 51.9 Å². The van der Waals surface area contributed by atoms with Crippen molar-refractivity contribution in [3.8, 4) is 11.8 Å². The van der Waals surface area contributed by atoms with E-state index in [1.807, 2.05) is 30.3 Å². The second-order valence-corrected chi connectivity index (χ2v) is 5.11. The molecule has 0 aliphatic rings. The van der Waals surface area contributed by atoms with E-state index in [0.29, 0.717) is 6.42 Å². The Morgan fingerprint density at radius 3 is 2.55 bits per heavy atom. The molecular formula is C18H24O2. The highest BCUT2D eigenvalue weighted by Gasteiger charge is 2.08. The topological polar surface area (TPSA) is 37.3 Å². The monoisotopic (exact) mass is 272 g/mol. The molecule has 2 heteroatoms. The quantitative estimate of drug-likeness (QED) is 0.559. The van der Waals surface area contributed by atoms with Gasteiger partial charge in [0, 0.05) is 17.9 Å². The summed E-state index contributed by atoms with van der Waals surface area (Å²) in [7, 11) is 0. The molecule has 2 nitrogen and oxygen atoms in total. The van der Waals surface area contributed by atoms with Crippen molar-refractivity contribution < 1.29 is 9.90 Å². The van der Waals surface area contributed by atoms with Gasteiger partial charge < -0.3 is 5.11 Å². The molecule has 1 N–H and O–H groups in total. The van der Waals surface area contributed by atoms with Gasteiger partial charge in [-0.1, -0.05) is 62.6 Å². The van der Waals surface area contributed by atoms with Gasteiger partial charge in [0.15, 0.2) is 0 Å². The average molecular weight is 272 g/mol. The highest BCUT2D eigenvalue weighted by Crippen LogP contribution is 2.16. The van der Waals surface area contributed by atoms with Gasteiger partial charge in [0.05, 0.1) is 0 Å². The molecule has 108 valence electrons. The summed E-state index contributed by atoms with van der Waals surface area (Å²) in [5, 5.41) is 8.81. The predicted octanol–water partition coefficient (Wildman–Crippen LogP) is 4.49. The fourth-order valence-corrected chi connectivity index (χ4v) is 2.11. The number of aliphatic carboxylic acids is 1. The zero-order valence-electron chi connectivity index (χ0n) is 12.3. The highest BCUT2D eigenvalue weighted by molar-refractivity contribution is 5.66. The number of carbonyl (C=O) groups is 1. The van der Waals surface area contributed by atoms with Crippen LogP contribution in [0.15, 0.2) is 30.3 Å². The zero-order valence-corrected chi connectivity index (χ0v) is 12.3. The maximum absolute atomic E-state index is 10.7. The summed E-state index contributed by atoms with van der Waals surface area (Å²) in [5.41, 5.74) is 1.00. The van der Waals surface area contributed by atoms with E-state index >= 15 is 0 Å². The molecule has 0 amide bonds. The summed E-state index contributed by atoms with van der Waals surface area (Å²) >= 11 is 0. The Morgan fingerprint density at radius 2 is 1.90 bits per heavy atom. The van der Waals surface area contributed by atoms with E-state index in [1.165, 1.54) is 19.3 Å². The van der Waals surface area contributed by atoms with Crippen LogP contribution < -0.4 is 0 Å². The number of unbranched alkanes of at least 4 members (excludes halogenated alkanes) is 3. The SMILES string of the molecule is CCCCCCC(C#Cc1ccccc1)CCC(=O)O. The van der Waals surface area contributed by atoms with Gasteiger partial charge in [0.25, 0.3) is 0 Å². The van der Waals surface area contributed by atoms with Crippen LogP contribution in [0.2, 0.25) is 0 Å². The molecule has 0 saturated heterocycles. The van der Waals surface area contributed by atoms with E-state index < -0.39 is 5.97 Å². The maximum atomic E-state index is 10.7. The van der Waals surface area contributed by atoms with Gasteiger partial charge in [-0.05, 0) is 25.0 Å². The Bertz CT molecular complexity index is 439. The number of carboxylic acids is 1. The van der Waals surface area contributed by atoms with Crippen LogP contribution in [0.3, 0.4) is 0 Å². The van der Waals surface area contributed by atoms with Gasteiger partial charge in [-0.25, -0.2) is 0 Å². The van der Waals surface area contributed by atoms with Crippen LogP contribution in [0, 0.1) is 17.8 Å². The Morgan fingerprint density at radius 1 is 1.15 bits per heavy atom. The van der Waals surface area contributed by atoms with E-state index in [1.54, 1.807) is 0 Å². The summed E-state index contributed by atoms with van der Waals surface area (Å²) < 4.78 is 0. The first-order valence-corrected chi connectivity index (χ1v) is 7.50. The fourth-order valence-electron chi connectivity index (χ4n) is 2.11. The van der Waals surface area contributed by atoms with Crippen molar-refractivity contribution in [1.29, 1.82) is 0 Å². The lowest BCUT2D eigenvalue weighted by molar-refractivity contribution is -0.137. The predicted molar refractivity (Wildman–Crippen MR) is 82.4 cm³/mol. The van der Waals surface area contributed by atoms with Gasteiger partial charge >= 0.3 is 5.97 Å². The number of carboxylic acid groups (broad SMARTS) is 1. The third-order valence-corrected chi connectivity index (χ3v) is 3.31. The van der Waals surface area contributed by atoms with Crippen molar-refractivity contribution in [2.24, 2.45) is 5.92 Å². The molecule has 0 aromatic heterocycles. The minimum atomic E-state index is -0.731. The Labute approximate surface area is 122 Å². The molecule has 20 heavy (non-hydrogen) atoms. The normalized spacial score (nSPS) is 11.4. The molecule has 1 aromatic carbocycles. The molecule has 0 aliphatic heterocycles. The summed E-state index contributed by atoms with van der Waals surface area (Å²) in [4.78, 5) is 10.7. The van der Waals surface area contributed by atoms with Crippen LogP contribution in [-0.2, 0) is 4.79 Å². The molecular weight excluding hydrogens is 248 g/mol. The number of benzene rings is 1. The minimum absolute atomic E-state index is 0.197. The second-order valence-electron chi connectivity index (χ2n) is 5.11. The van der Waals surface area contributed by atoms with Crippen molar-refractivity contribution in [3.05, 3.63) is 35.9 Å². The molecule has 0 heterocycles. The standard InChI is InChI=1S/C18H24O2/c1-2-3-4-6-11-17(14-15-18(19)20)13-12-16-9-7-5-8-10-16/h5,7-10,17H,2-4,6,11,14-15H2,1H3,(H,19,20). The first-order valence-electron chi connectivity index (χ1n) is 7.50. The molecule has 0 radical (unpaired) electrons. The Hall–Kier alpha value is -1.75. The molecule has 1 rings (SSSR count). The van der Waals surface area contributed by atoms with Crippen molar-refractivity contribution in [2.75, 3.05) is 0 Å². The molecule has 0 bridgehead atoms. The summed E-state index contributed by atoms with van der Waals surface area (Å²) in [6, 6.07) is 9.88. The number of rotatable bonds is 8. The molecule has 0 aliphatic carbocycles. The van der Waals surface area contributed by atoms with E-state index in [9.17, 15) is 4.79 Å². The van der Waals surface area contributed by atoms with Crippen LogP contribution in [0.1, 0.15) is 57.4 Å². The van der Waals surface area contributed by atoms with Crippen LogP contribution >= 0.6 is 0 Å². The fraction of sp³-hybridized carbons (Fsp3) is 0.500. The van der Waals surface area contributed by atoms with Crippen molar-refractivity contribution in [1.82, 2.24) is 0 Å². The Kier molecular flexibility index (Phi) is 8.22. The summed E-state index contributed by atoms with van der Waals surface area (Å²) in [6.45, 7) is 2.19. The van der Waals surface area contributed by atoms with Crippen LogP contribution in [0.4, 0.5) is 0 Å². The third-order valence-electron chi connectivity index (χ3n) is 3.31. The molecule has 0 saturated carbocycles. The first kappa shape index (κ1) is 16.3. The van der Waals surface area contributed by atoms with E-state index in [2.05, 4.69) is 18.8 Å². The van der Waals surface area contributed by atoms with Gasteiger partial charge in [-0.3, -0.25) is 4.79 Å². The lowest BCUT2D eigenvalue weighted by Gasteiger charge is -2.08. The van der Waals surface area contributed by atoms with Gasteiger partial charge in [-0.2, -0.15) is 0 Å². The molecule has 0 spiro atoms. The molecule has 0 fully saturated rings. The highest BCUT2D eigenvalue weighted by atomic mass is 16.4. The molecule has 1 aromatic rings. The average Bonchev–Trinajstić information content (AvgIpc) is 2.46. The smallest absolute Gasteiger partial charge is 0.303 e. The minimum Gasteiger partial charge on any atom is -0.481 e. The van der Waals surface area contributed by atoms with E-state index in [0.717, 1.165) is 18.4 Å².